The molecule has 0 N–H and O–H groups in total. The first-order valence-corrected chi connectivity index (χ1v) is 7.46. The van der Waals surface area contributed by atoms with Crippen LogP contribution in [-0.4, -0.2) is 9.97 Å². The molecule has 3 nitrogen and oxygen atoms in total. The Balaban J connectivity index is 1.84. The number of hydrogen-bond donors (Lipinski definition) is 0. The molecular weight excluding hydrogens is 315 g/mol. The zero-order chi connectivity index (χ0) is 16.2. The van der Waals surface area contributed by atoms with Gasteiger partial charge < -0.3 is 4.74 Å². The molecule has 1 heterocycles. The van der Waals surface area contributed by atoms with Gasteiger partial charge in [0, 0.05) is 5.56 Å². The minimum atomic E-state index is -0.432. The van der Waals surface area contributed by atoms with Gasteiger partial charge in [0.1, 0.15) is 11.8 Å². The molecule has 0 aliphatic carbocycles. The Morgan fingerprint density at radius 2 is 1.87 bits per heavy atom. The van der Waals surface area contributed by atoms with Crippen LogP contribution in [0.5, 0.6) is 5.75 Å². The Hall–Kier alpha value is -2.46. The van der Waals surface area contributed by atoms with Gasteiger partial charge in [-0.05, 0) is 30.2 Å². The predicted molar refractivity (Wildman–Crippen MR) is 87.9 cm³/mol. The van der Waals surface area contributed by atoms with Crippen molar-refractivity contribution >= 4 is 11.6 Å². The number of aryl methyl sites for hydroxylation is 1. The van der Waals surface area contributed by atoms with E-state index in [1.165, 1.54) is 18.5 Å². The molecule has 0 aliphatic rings. The lowest BCUT2D eigenvalue weighted by Crippen LogP contribution is -1.99. The van der Waals surface area contributed by atoms with Crippen LogP contribution in [-0.2, 0) is 6.61 Å². The molecule has 1 aromatic heterocycles. The van der Waals surface area contributed by atoms with Crippen LogP contribution in [0.1, 0.15) is 11.1 Å². The van der Waals surface area contributed by atoms with Crippen LogP contribution in [0.4, 0.5) is 4.39 Å². The Bertz CT molecular complexity index is 807. The lowest BCUT2D eigenvalue weighted by molar-refractivity contribution is 0.290. The molecule has 0 saturated heterocycles. The predicted octanol–water partition coefficient (Wildman–Crippen LogP) is 4.82. The highest BCUT2D eigenvalue weighted by Crippen LogP contribution is 2.29. The summed E-state index contributed by atoms with van der Waals surface area (Å²) in [5.41, 5.74) is 3.07. The summed E-state index contributed by atoms with van der Waals surface area (Å²) in [5, 5.41) is 0.301. The summed E-state index contributed by atoms with van der Waals surface area (Å²) in [7, 11) is 0. The van der Waals surface area contributed by atoms with Crippen molar-refractivity contribution in [2.45, 2.75) is 13.5 Å². The molecule has 2 aromatic carbocycles. The monoisotopic (exact) mass is 328 g/mol. The van der Waals surface area contributed by atoms with Gasteiger partial charge in [-0.25, -0.2) is 9.37 Å². The molecule has 0 fully saturated rings. The summed E-state index contributed by atoms with van der Waals surface area (Å²) in [6, 6.07) is 12.7. The molecule has 5 heteroatoms. The van der Waals surface area contributed by atoms with Crippen LogP contribution >= 0.6 is 11.6 Å². The maximum Gasteiger partial charge on any atom is 0.165 e. The van der Waals surface area contributed by atoms with Crippen molar-refractivity contribution in [3.05, 3.63) is 77.0 Å². The second-order valence-corrected chi connectivity index (χ2v) is 5.48. The molecule has 0 bridgehead atoms. The lowest BCUT2D eigenvalue weighted by Gasteiger charge is -2.11. The van der Waals surface area contributed by atoms with E-state index in [2.05, 4.69) is 9.97 Å². The topological polar surface area (TPSA) is 35.0 Å². The van der Waals surface area contributed by atoms with E-state index in [1.807, 2.05) is 37.3 Å². The molecule has 0 saturated carbocycles. The minimum absolute atomic E-state index is 0.219. The van der Waals surface area contributed by atoms with E-state index in [4.69, 9.17) is 16.3 Å². The molecule has 0 amide bonds. The third-order valence-corrected chi connectivity index (χ3v) is 3.61. The number of halogens is 2. The SMILES string of the molecule is Cc1cc(OCc2ccccc2)c(F)cc1-c1cnc(Cl)cn1. The molecule has 3 aromatic rings. The van der Waals surface area contributed by atoms with Gasteiger partial charge in [0.15, 0.2) is 11.6 Å². The molecule has 0 unspecified atom stereocenters. The third-order valence-electron chi connectivity index (χ3n) is 3.41. The van der Waals surface area contributed by atoms with Crippen LogP contribution in [0.3, 0.4) is 0 Å². The smallest absolute Gasteiger partial charge is 0.165 e. The van der Waals surface area contributed by atoms with Gasteiger partial charge in [-0.3, -0.25) is 4.98 Å². The summed E-state index contributed by atoms with van der Waals surface area (Å²) in [5.74, 6) is -0.213. The summed E-state index contributed by atoms with van der Waals surface area (Å²) in [4.78, 5) is 8.15. The number of benzene rings is 2. The standard InChI is InChI=1S/C18H14ClFN2O/c1-12-7-17(23-11-13-5-3-2-4-6-13)15(20)8-14(12)16-9-22-18(19)10-21-16/h2-10H,11H2,1H3. The largest absolute Gasteiger partial charge is 0.486 e. The van der Waals surface area contributed by atoms with Gasteiger partial charge in [0.25, 0.3) is 0 Å². The normalized spacial score (nSPS) is 10.6. The number of aromatic nitrogens is 2. The fourth-order valence-corrected chi connectivity index (χ4v) is 2.33. The van der Waals surface area contributed by atoms with Crippen molar-refractivity contribution in [1.29, 1.82) is 0 Å². The highest BCUT2D eigenvalue weighted by molar-refractivity contribution is 6.29. The van der Waals surface area contributed by atoms with Crippen molar-refractivity contribution in [3.63, 3.8) is 0 Å². The average Bonchev–Trinajstić information content (AvgIpc) is 2.57. The first kappa shape index (κ1) is 15.4. The number of hydrogen-bond acceptors (Lipinski definition) is 3. The number of rotatable bonds is 4. The zero-order valence-corrected chi connectivity index (χ0v) is 13.2. The quantitative estimate of drug-likeness (QED) is 0.688. The van der Waals surface area contributed by atoms with E-state index in [9.17, 15) is 4.39 Å². The minimum Gasteiger partial charge on any atom is -0.486 e. The second-order valence-electron chi connectivity index (χ2n) is 5.10. The Morgan fingerprint density at radius 3 is 2.57 bits per heavy atom. The van der Waals surface area contributed by atoms with Gasteiger partial charge in [-0.1, -0.05) is 41.9 Å². The Morgan fingerprint density at radius 1 is 1.09 bits per heavy atom. The highest BCUT2D eigenvalue weighted by Gasteiger charge is 2.11. The molecule has 23 heavy (non-hydrogen) atoms. The summed E-state index contributed by atoms with van der Waals surface area (Å²) < 4.78 is 19.9. The van der Waals surface area contributed by atoms with Crippen LogP contribution in [0, 0.1) is 12.7 Å². The van der Waals surface area contributed by atoms with E-state index < -0.39 is 5.82 Å². The molecule has 116 valence electrons. The first-order valence-electron chi connectivity index (χ1n) is 7.08. The summed E-state index contributed by atoms with van der Waals surface area (Å²) >= 11 is 5.73. The van der Waals surface area contributed by atoms with Crippen LogP contribution in [0.25, 0.3) is 11.3 Å². The van der Waals surface area contributed by atoms with E-state index in [-0.39, 0.29) is 5.75 Å². The van der Waals surface area contributed by atoms with Gasteiger partial charge in [-0.15, -0.1) is 0 Å². The number of ether oxygens (including phenoxy) is 1. The van der Waals surface area contributed by atoms with Crippen LogP contribution < -0.4 is 4.74 Å². The van der Waals surface area contributed by atoms with E-state index in [1.54, 1.807) is 6.07 Å². The maximum absolute atomic E-state index is 14.3. The fourth-order valence-electron chi connectivity index (χ4n) is 2.23. The Kier molecular flexibility index (Phi) is 4.53. The molecule has 0 radical (unpaired) electrons. The van der Waals surface area contributed by atoms with E-state index in [0.29, 0.717) is 23.0 Å². The van der Waals surface area contributed by atoms with Crippen LogP contribution in [0.2, 0.25) is 5.15 Å². The third kappa shape index (κ3) is 3.66. The van der Waals surface area contributed by atoms with Gasteiger partial charge in [0.05, 0.1) is 18.1 Å². The second kappa shape index (κ2) is 6.75. The van der Waals surface area contributed by atoms with Crippen molar-refractivity contribution in [1.82, 2.24) is 9.97 Å². The van der Waals surface area contributed by atoms with Crippen molar-refractivity contribution < 1.29 is 9.13 Å². The maximum atomic E-state index is 14.3. The van der Waals surface area contributed by atoms with Crippen LogP contribution in [0.15, 0.2) is 54.9 Å². The van der Waals surface area contributed by atoms with E-state index >= 15 is 0 Å². The fraction of sp³-hybridized carbons (Fsp3) is 0.111. The molecule has 0 atom stereocenters. The highest BCUT2D eigenvalue weighted by atomic mass is 35.5. The average molecular weight is 329 g/mol. The first-order chi connectivity index (χ1) is 11.1. The summed E-state index contributed by atoms with van der Waals surface area (Å²) in [6.07, 6.45) is 2.96. The molecule has 0 aliphatic heterocycles. The van der Waals surface area contributed by atoms with Gasteiger partial charge in [-0.2, -0.15) is 0 Å². The molecule has 0 spiro atoms. The van der Waals surface area contributed by atoms with Gasteiger partial charge >= 0.3 is 0 Å². The lowest BCUT2D eigenvalue weighted by atomic mass is 10.1. The Labute approximate surface area is 138 Å². The summed E-state index contributed by atoms with van der Waals surface area (Å²) in [6.45, 7) is 2.19. The van der Waals surface area contributed by atoms with Crippen molar-refractivity contribution in [2.24, 2.45) is 0 Å². The zero-order valence-electron chi connectivity index (χ0n) is 12.5. The van der Waals surface area contributed by atoms with E-state index in [0.717, 1.165) is 11.1 Å². The van der Waals surface area contributed by atoms with Crippen molar-refractivity contribution in [3.8, 4) is 17.0 Å². The van der Waals surface area contributed by atoms with Gasteiger partial charge in [0.2, 0.25) is 0 Å². The van der Waals surface area contributed by atoms with Crippen molar-refractivity contribution in [2.75, 3.05) is 0 Å². The number of nitrogens with zero attached hydrogens (tertiary/aromatic N) is 2. The molecular formula is C18H14ClFN2O. The molecule has 3 rings (SSSR count).